The monoisotopic (exact) mass is 289 g/mol. The van der Waals surface area contributed by atoms with Crippen LogP contribution in [0.25, 0.3) is 0 Å². The summed E-state index contributed by atoms with van der Waals surface area (Å²) in [7, 11) is 0. The van der Waals surface area contributed by atoms with Gasteiger partial charge >= 0.3 is 5.97 Å². The Morgan fingerprint density at radius 3 is 2.57 bits per heavy atom. The highest BCUT2D eigenvalue weighted by molar-refractivity contribution is 5.74. The second-order valence-corrected chi connectivity index (χ2v) is 5.75. The van der Waals surface area contributed by atoms with Gasteiger partial charge in [-0.1, -0.05) is 50.6 Å². The van der Waals surface area contributed by atoms with Crippen LogP contribution in [0.4, 0.5) is 0 Å². The minimum Gasteiger partial charge on any atom is -0.464 e. The smallest absolute Gasteiger partial charge is 0.309 e. The van der Waals surface area contributed by atoms with Crippen molar-refractivity contribution in [3.8, 4) is 0 Å². The van der Waals surface area contributed by atoms with Crippen LogP contribution in [0, 0.1) is 5.92 Å². The van der Waals surface area contributed by atoms with E-state index >= 15 is 0 Å². The molecule has 2 rings (SSSR count). The molecule has 3 heteroatoms. The van der Waals surface area contributed by atoms with Crippen LogP contribution in [0.3, 0.4) is 0 Å². The summed E-state index contributed by atoms with van der Waals surface area (Å²) in [6.45, 7) is 7.62. The molecule has 1 aliphatic carbocycles. The maximum absolute atomic E-state index is 12.3. The molecule has 1 aliphatic rings. The highest BCUT2D eigenvalue weighted by Crippen LogP contribution is 2.40. The number of ether oxygens (including phenoxy) is 1. The summed E-state index contributed by atoms with van der Waals surface area (Å²) in [6, 6.07) is 10.4. The van der Waals surface area contributed by atoms with Gasteiger partial charge in [-0.15, -0.1) is 0 Å². The van der Waals surface area contributed by atoms with E-state index in [0.29, 0.717) is 12.5 Å². The van der Waals surface area contributed by atoms with Crippen molar-refractivity contribution in [2.24, 2.45) is 5.92 Å². The van der Waals surface area contributed by atoms with Crippen molar-refractivity contribution in [2.75, 3.05) is 26.2 Å². The van der Waals surface area contributed by atoms with Crippen molar-refractivity contribution in [2.45, 2.75) is 39.0 Å². The van der Waals surface area contributed by atoms with Gasteiger partial charge in [0.2, 0.25) is 0 Å². The molecule has 1 fully saturated rings. The Hall–Kier alpha value is -1.35. The van der Waals surface area contributed by atoms with Crippen LogP contribution >= 0.6 is 0 Å². The van der Waals surface area contributed by atoms with Gasteiger partial charge in [0.1, 0.15) is 6.61 Å². The maximum Gasteiger partial charge on any atom is 0.309 e. The first-order chi connectivity index (χ1) is 10.3. The first kappa shape index (κ1) is 16.0. The summed E-state index contributed by atoms with van der Waals surface area (Å²) in [5.74, 6) is 0.379. The molecule has 3 nitrogen and oxygen atoms in total. The number of carbonyl (C=O) groups excluding carboxylic acids is 1. The SMILES string of the molecule is CCN(CC)CCOC(=O)C1CCCC1c1ccccc1. The first-order valence-corrected chi connectivity index (χ1v) is 8.20. The van der Waals surface area contributed by atoms with E-state index in [4.69, 9.17) is 4.74 Å². The molecule has 0 heterocycles. The third kappa shape index (κ3) is 4.31. The summed E-state index contributed by atoms with van der Waals surface area (Å²) in [4.78, 5) is 14.6. The second-order valence-electron chi connectivity index (χ2n) is 5.75. The number of nitrogens with zero attached hydrogens (tertiary/aromatic N) is 1. The number of likely N-dealkylation sites (N-methyl/N-ethyl adjacent to an activating group) is 1. The predicted molar refractivity (Wildman–Crippen MR) is 85.3 cm³/mol. The van der Waals surface area contributed by atoms with E-state index < -0.39 is 0 Å². The van der Waals surface area contributed by atoms with Crippen molar-refractivity contribution >= 4 is 5.97 Å². The van der Waals surface area contributed by atoms with Crippen LogP contribution in [0.15, 0.2) is 30.3 Å². The molecule has 1 aromatic rings. The molecule has 0 aromatic heterocycles. The zero-order valence-electron chi connectivity index (χ0n) is 13.3. The van der Waals surface area contributed by atoms with Gasteiger partial charge in [0.05, 0.1) is 5.92 Å². The van der Waals surface area contributed by atoms with E-state index in [1.165, 1.54) is 5.56 Å². The van der Waals surface area contributed by atoms with Crippen molar-refractivity contribution in [3.05, 3.63) is 35.9 Å². The van der Waals surface area contributed by atoms with E-state index in [-0.39, 0.29) is 11.9 Å². The Balaban J connectivity index is 1.86. The lowest BCUT2D eigenvalue weighted by Crippen LogP contribution is -2.29. The Morgan fingerprint density at radius 1 is 1.19 bits per heavy atom. The largest absolute Gasteiger partial charge is 0.464 e. The molecular weight excluding hydrogens is 262 g/mol. The van der Waals surface area contributed by atoms with Gasteiger partial charge in [-0.05, 0) is 37.4 Å². The highest BCUT2D eigenvalue weighted by atomic mass is 16.5. The molecule has 2 atom stereocenters. The third-order valence-corrected chi connectivity index (χ3v) is 4.59. The average Bonchev–Trinajstić information content (AvgIpc) is 3.02. The lowest BCUT2D eigenvalue weighted by molar-refractivity contribution is -0.149. The van der Waals surface area contributed by atoms with Crippen LogP contribution in [0.1, 0.15) is 44.6 Å². The van der Waals surface area contributed by atoms with Crippen LogP contribution in [-0.2, 0) is 9.53 Å². The quantitative estimate of drug-likeness (QED) is 0.720. The van der Waals surface area contributed by atoms with Crippen LogP contribution in [0.5, 0.6) is 0 Å². The Labute approximate surface area is 128 Å². The Kier molecular flexibility index (Phi) is 6.24. The molecule has 1 saturated carbocycles. The number of hydrogen-bond donors (Lipinski definition) is 0. The Morgan fingerprint density at radius 2 is 1.90 bits per heavy atom. The normalized spacial score (nSPS) is 21.7. The summed E-state index contributed by atoms with van der Waals surface area (Å²) in [5.41, 5.74) is 1.28. The fourth-order valence-electron chi connectivity index (χ4n) is 3.26. The van der Waals surface area contributed by atoms with E-state index in [1.54, 1.807) is 0 Å². The lowest BCUT2D eigenvalue weighted by Gasteiger charge is -2.21. The molecular formula is C18H27NO2. The number of hydrogen-bond acceptors (Lipinski definition) is 3. The highest BCUT2D eigenvalue weighted by Gasteiger charge is 2.34. The minimum absolute atomic E-state index is 0.00601. The van der Waals surface area contributed by atoms with Crippen molar-refractivity contribution in [3.63, 3.8) is 0 Å². The molecule has 0 amide bonds. The van der Waals surface area contributed by atoms with Gasteiger partial charge in [-0.2, -0.15) is 0 Å². The summed E-state index contributed by atoms with van der Waals surface area (Å²) < 4.78 is 5.53. The summed E-state index contributed by atoms with van der Waals surface area (Å²) in [5, 5.41) is 0. The Bertz CT molecular complexity index is 428. The predicted octanol–water partition coefficient (Wildman–Crippen LogP) is 3.46. The van der Waals surface area contributed by atoms with Crippen LogP contribution in [-0.4, -0.2) is 37.1 Å². The molecule has 0 N–H and O–H groups in total. The van der Waals surface area contributed by atoms with Gasteiger partial charge in [0.15, 0.2) is 0 Å². The zero-order valence-corrected chi connectivity index (χ0v) is 13.3. The second kappa shape index (κ2) is 8.18. The molecule has 0 saturated heterocycles. The van der Waals surface area contributed by atoms with Crippen molar-refractivity contribution in [1.82, 2.24) is 4.90 Å². The van der Waals surface area contributed by atoms with Crippen LogP contribution < -0.4 is 0 Å². The maximum atomic E-state index is 12.3. The van der Waals surface area contributed by atoms with E-state index in [0.717, 1.165) is 38.9 Å². The molecule has 2 unspecified atom stereocenters. The number of carbonyl (C=O) groups is 1. The molecule has 0 spiro atoms. The van der Waals surface area contributed by atoms with Gasteiger partial charge in [0, 0.05) is 6.54 Å². The average molecular weight is 289 g/mol. The van der Waals surface area contributed by atoms with Gasteiger partial charge < -0.3 is 9.64 Å². The summed E-state index contributed by atoms with van der Waals surface area (Å²) >= 11 is 0. The molecule has 0 aliphatic heterocycles. The third-order valence-electron chi connectivity index (χ3n) is 4.59. The van der Waals surface area contributed by atoms with Gasteiger partial charge in [0.25, 0.3) is 0 Å². The first-order valence-electron chi connectivity index (χ1n) is 8.20. The van der Waals surface area contributed by atoms with Gasteiger partial charge in [-0.25, -0.2) is 0 Å². The summed E-state index contributed by atoms with van der Waals surface area (Å²) in [6.07, 6.45) is 3.18. The van der Waals surface area contributed by atoms with Crippen molar-refractivity contribution < 1.29 is 9.53 Å². The van der Waals surface area contributed by atoms with E-state index in [2.05, 4.69) is 43.0 Å². The minimum atomic E-state index is -0.00601. The standard InChI is InChI=1S/C18H27NO2/c1-3-19(4-2)13-14-21-18(20)17-12-8-11-16(17)15-9-6-5-7-10-15/h5-7,9-10,16-17H,3-4,8,11-14H2,1-2H3. The van der Waals surface area contributed by atoms with Crippen LogP contribution in [0.2, 0.25) is 0 Å². The van der Waals surface area contributed by atoms with Gasteiger partial charge in [-0.3, -0.25) is 4.79 Å². The van der Waals surface area contributed by atoms with E-state index in [1.807, 2.05) is 6.07 Å². The fourth-order valence-corrected chi connectivity index (χ4v) is 3.26. The van der Waals surface area contributed by atoms with E-state index in [9.17, 15) is 4.79 Å². The molecule has 116 valence electrons. The zero-order chi connectivity index (χ0) is 15.1. The molecule has 21 heavy (non-hydrogen) atoms. The fraction of sp³-hybridized carbons (Fsp3) is 0.611. The number of benzene rings is 1. The van der Waals surface area contributed by atoms with Crippen molar-refractivity contribution in [1.29, 1.82) is 0 Å². The molecule has 0 bridgehead atoms. The number of esters is 1. The molecule has 1 aromatic carbocycles. The number of rotatable bonds is 7. The lowest BCUT2D eigenvalue weighted by atomic mass is 9.89. The topological polar surface area (TPSA) is 29.5 Å². The molecule has 0 radical (unpaired) electrons.